The number of pyridine rings is 1. The first-order chi connectivity index (χ1) is 18.2. The lowest BCUT2D eigenvalue weighted by atomic mass is 10.0. The molecule has 4 aromatic rings. The molecule has 0 aliphatic carbocycles. The Labute approximate surface area is 220 Å². The first-order valence-corrected chi connectivity index (χ1v) is 12.3. The van der Waals surface area contributed by atoms with Crippen molar-refractivity contribution >= 4 is 17.5 Å². The summed E-state index contributed by atoms with van der Waals surface area (Å²) in [5.74, 6) is 1.06. The fourth-order valence-corrected chi connectivity index (χ4v) is 3.91. The number of carbonyl (C=O) groups is 2. The Bertz CT molecular complexity index is 1390. The van der Waals surface area contributed by atoms with E-state index in [1.54, 1.807) is 54.9 Å². The third kappa shape index (κ3) is 6.23. The number of nitrogens with zero attached hydrogens (tertiary/aromatic N) is 6. The van der Waals surface area contributed by atoms with Gasteiger partial charge in [0.05, 0.1) is 12.3 Å². The fraction of sp³-hybridized carbons (Fsp3) is 0.333. The molecule has 11 nitrogen and oxygen atoms in total. The summed E-state index contributed by atoms with van der Waals surface area (Å²) in [6, 6.07) is 13.0. The van der Waals surface area contributed by atoms with Gasteiger partial charge in [0.1, 0.15) is 24.1 Å². The summed E-state index contributed by atoms with van der Waals surface area (Å²) in [6.45, 7) is 9.41. The van der Waals surface area contributed by atoms with Crippen molar-refractivity contribution in [1.82, 2.24) is 30.5 Å². The van der Waals surface area contributed by atoms with Crippen molar-refractivity contribution < 1.29 is 18.7 Å². The number of furan rings is 1. The van der Waals surface area contributed by atoms with Gasteiger partial charge in [-0.15, -0.1) is 10.2 Å². The number of hydrogen-bond donors (Lipinski definition) is 1. The van der Waals surface area contributed by atoms with E-state index < -0.39 is 17.5 Å². The Balaban J connectivity index is 1.78. The Hall–Kier alpha value is -4.54. The van der Waals surface area contributed by atoms with Gasteiger partial charge < -0.3 is 14.5 Å². The minimum atomic E-state index is -1.03. The summed E-state index contributed by atoms with van der Waals surface area (Å²) < 4.78 is 11.4. The zero-order valence-electron chi connectivity index (χ0n) is 22.1. The number of benzene rings is 1. The molecule has 0 aliphatic rings. The molecule has 2 amide bonds. The van der Waals surface area contributed by atoms with E-state index in [0.29, 0.717) is 35.1 Å². The largest absolute Gasteiger partial charge is 0.492 e. The van der Waals surface area contributed by atoms with Crippen molar-refractivity contribution in [2.24, 2.45) is 0 Å². The molecule has 11 heteroatoms. The molecule has 0 saturated heterocycles. The summed E-state index contributed by atoms with van der Waals surface area (Å²) in [4.78, 5) is 34.5. The summed E-state index contributed by atoms with van der Waals surface area (Å²) in [5.41, 5.74) is 0.479. The number of rotatable bonds is 9. The van der Waals surface area contributed by atoms with E-state index >= 15 is 0 Å². The van der Waals surface area contributed by atoms with Gasteiger partial charge in [-0.2, -0.15) is 4.80 Å². The average Bonchev–Trinajstić information content (AvgIpc) is 3.51. The summed E-state index contributed by atoms with van der Waals surface area (Å²) in [6.07, 6.45) is 3.17. The van der Waals surface area contributed by atoms with E-state index in [2.05, 4.69) is 25.7 Å². The zero-order valence-corrected chi connectivity index (χ0v) is 22.1. The number of para-hydroxylation sites is 2. The number of nitrogens with one attached hydrogen (secondary N) is 1. The van der Waals surface area contributed by atoms with Crippen LogP contribution in [0.25, 0.3) is 11.6 Å². The Morgan fingerprint density at radius 1 is 1.11 bits per heavy atom. The predicted octanol–water partition coefficient (Wildman–Crippen LogP) is 3.72. The normalized spacial score (nSPS) is 12.1. The van der Waals surface area contributed by atoms with Gasteiger partial charge in [0.25, 0.3) is 5.91 Å². The van der Waals surface area contributed by atoms with Gasteiger partial charge in [0.15, 0.2) is 5.76 Å². The van der Waals surface area contributed by atoms with Gasteiger partial charge in [-0.05, 0) is 81.8 Å². The van der Waals surface area contributed by atoms with Crippen molar-refractivity contribution in [2.45, 2.75) is 52.7 Å². The molecule has 0 unspecified atom stereocenters. The molecule has 0 radical (unpaired) electrons. The first-order valence-electron chi connectivity index (χ1n) is 12.3. The standard InChI is InChI=1S/C27H31N7O4/c1-6-37-21-10-8-7-9-20(21)34(24(19-13-15-28-16-14-19)26(36)29-27(3,4)5)23(35)17-33-31-25(30-32-33)22-12-11-18(2)38-22/h7-16,24H,6,17H2,1-5H3,(H,29,36)/t24-/m0/s1. The Morgan fingerprint density at radius 3 is 2.50 bits per heavy atom. The number of hydrogen-bond acceptors (Lipinski definition) is 8. The molecule has 198 valence electrons. The van der Waals surface area contributed by atoms with E-state index in [0.717, 1.165) is 0 Å². The van der Waals surface area contributed by atoms with Gasteiger partial charge in [-0.1, -0.05) is 12.1 Å². The Kier molecular flexibility index (Phi) is 7.85. The highest BCUT2D eigenvalue weighted by Crippen LogP contribution is 2.35. The minimum Gasteiger partial charge on any atom is -0.492 e. The van der Waals surface area contributed by atoms with Gasteiger partial charge >= 0.3 is 0 Å². The molecular weight excluding hydrogens is 486 g/mol. The van der Waals surface area contributed by atoms with Crippen LogP contribution in [0.15, 0.2) is 65.3 Å². The van der Waals surface area contributed by atoms with Crippen molar-refractivity contribution in [3.63, 3.8) is 0 Å². The van der Waals surface area contributed by atoms with Crippen LogP contribution in [0, 0.1) is 6.92 Å². The fourth-order valence-electron chi connectivity index (χ4n) is 3.91. The molecule has 0 aliphatic heterocycles. The highest BCUT2D eigenvalue weighted by Gasteiger charge is 2.36. The van der Waals surface area contributed by atoms with Crippen molar-refractivity contribution in [3.8, 4) is 17.3 Å². The number of amides is 2. The molecular formula is C27H31N7O4. The Morgan fingerprint density at radius 2 is 1.84 bits per heavy atom. The second-order valence-electron chi connectivity index (χ2n) is 9.64. The third-order valence-corrected chi connectivity index (χ3v) is 5.41. The molecule has 38 heavy (non-hydrogen) atoms. The van der Waals surface area contributed by atoms with Gasteiger partial charge in [-0.3, -0.25) is 19.5 Å². The molecule has 0 fully saturated rings. The van der Waals surface area contributed by atoms with Gasteiger partial charge in [0, 0.05) is 17.9 Å². The van der Waals surface area contributed by atoms with E-state index in [-0.39, 0.29) is 18.3 Å². The molecule has 1 aromatic carbocycles. The van der Waals surface area contributed by atoms with Crippen LogP contribution < -0.4 is 15.0 Å². The summed E-state index contributed by atoms with van der Waals surface area (Å²) in [7, 11) is 0. The second-order valence-corrected chi connectivity index (χ2v) is 9.64. The van der Waals surface area contributed by atoms with Crippen molar-refractivity contribution in [3.05, 3.63) is 72.2 Å². The molecule has 3 aromatic heterocycles. The van der Waals surface area contributed by atoms with Gasteiger partial charge in [-0.25, -0.2) is 0 Å². The van der Waals surface area contributed by atoms with Gasteiger partial charge in [0.2, 0.25) is 11.7 Å². The second kappa shape index (κ2) is 11.2. The van der Waals surface area contributed by atoms with E-state index in [1.165, 1.54) is 9.70 Å². The van der Waals surface area contributed by atoms with E-state index in [9.17, 15) is 9.59 Å². The van der Waals surface area contributed by atoms with Crippen LogP contribution in [0.2, 0.25) is 0 Å². The highest BCUT2D eigenvalue weighted by molar-refractivity contribution is 6.02. The number of ether oxygens (including phenoxy) is 1. The number of carbonyl (C=O) groups excluding carboxylic acids is 2. The van der Waals surface area contributed by atoms with Crippen LogP contribution in [0.5, 0.6) is 5.75 Å². The lowest BCUT2D eigenvalue weighted by molar-refractivity contribution is -0.128. The number of tetrazole rings is 1. The molecule has 0 bridgehead atoms. The molecule has 1 atom stereocenters. The molecule has 0 spiro atoms. The third-order valence-electron chi connectivity index (χ3n) is 5.41. The highest BCUT2D eigenvalue weighted by atomic mass is 16.5. The van der Waals surface area contributed by atoms with Crippen molar-refractivity contribution in [1.29, 1.82) is 0 Å². The molecule has 4 rings (SSSR count). The lowest BCUT2D eigenvalue weighted by Crippen LogP contribution is -2.50. The van der Waals surface area contributed by atoms with Crippen LogP contribution >= 0.6 is 0 Å². The summed E-state index contributed by atoms with van der Waals surface area (Å²) in [5, 5.41) is 15.4. The van der Waals surface area contributed by atoms with Crippen LogP contribution in [-0.2, 0) is 16.1 Å². The summed E-state index contributed by atoms with van der Waals surface area (Å²) >= 11 is 0. The maximum atomic E-state index is 14.0. The molecule has 3 heterocycles. The molecule has 0 saturated carbocycles. The predicted molar refractivity (Wildman–Crippen MR) is 140 cm³/mol. The number of aryl methyl sites for hydroxylation is 1. The topological polar surface area (TPSA) is 128 Å². The van der Waals surface area contributed by atoms with Crippen LogP contribution in [0.4, 0.5) is 5.69 Å². The van der Waals surface area contributed by atoms with E-state index in [1.807, 2.05) is 40.7 Å². The van der Waals surface area contributed by atoms with Crippen LogP contribution in [0.3, 0.4) is 0 Å². The molecule has 1 N–H and O–H groups in total. The SMILES string of the molecule is CCOc1ccccc1N(C(=O)Cn1nnc(-c2ccc(C)o2)n1)[C@H](C(=O)NC(C)(C)C)c1ccncc1. The number of aromatic nitrogens is 5. The van der Waals surface area contributed by atoms with Crippen LogP contribution in [0.1, 0.15) is 45.1 Å². The van der Waals surface area contributed by atoms with E-state index in [4.69, 9.17) is 9.15 Å². The smallest absolute Gasteiger partial charge is 0.251 e. The number of anilines is 1. The maximum Gasteiger partial charge on any atom is 0.251 e. The zero-order chi connectivity index (χ0) is 27.3. The minimum absolute atomic E-state index is 0.253. The quantitative estimate of drug-likeness (QED) is 0.356. The lowest BCUT2D eigenvalue weighted by Gasteiger charge is -2.34. The average molecular weight is 518 g/mol. The van der Waals surface area contributed by atoms with Crippen LogP contribution in [-0.4, -0.2) is 49.2 Å². The monoisotopic (exact) mass is 517 g/mol. The van der Waals surface area contributed by atoms with Crippen molar-refractivity contribution in [2.75, 3.05) is 11.5 Å². The first kappa shape index (κ1) is 26.5. The maximum absolute atomic E-state index is 14.0.